The number of nitrogens with two attached hydrogens (primary N) is 1. The van der Waals surface area contributed by atoms with E-state index in [1.54, 1.807) is 0 Å². The predicted molar refractivity (Wildman–Crippen MR) is 80.7 cm³/mol. The largest absolute Gasteiger partial charge is 0.330 e. The van der Waals surface area contributed by atoms with Gasteiger partial charge in [-0.05, 0) is 68.9 Å². The second-order valence-electron chi connectivity index (χ2n) is 7.28. The van der Waals surface area contributed by atoms with Crippen LogP contribution in [-0.2, 0) is 0 Å². The highest BCUT2D eigenvalue weighted by Gasteiger charge is 2.30. The minimum Gasteiger partial charge on any atom is -0.330 e. The summed E-state index contributed by atoms with van der Waals surface area (Å²) >= 11 is 0. The number of rotatable bonds is 8. The van der Waals surface area contributed by atoms with Crippen LogP contribution in [0.15, 0.2) is 0 Å². The van der Waals surface area contributed by atoms with Gasteiger partial charge >= 0.3 is 0 Å². The van der Waals surface area contributed by atoms with E-state index in [2.05, 4.69) is 33.0 Å². The molecule has 2 heteroatoms. The average Bonchev–Trinajstić information content (AvgIpc) is 2.62. The molecule has 0 amide bonds. The molecule has 1 aliphatic carbocycles. The van der Waals surface area contributed by atoms with Gasteiger partial charge in [-0.3, -0.25) is 0 Å². The van der Waals surface area contributed by atoms with E-state index >= 15 is 0 Å². The Hall–Kier alpha value is -0.0800. The van der Waals surface area contributed by atoms with Gasteiger partial charge < -0.3 is 11.1 Å². The summed E-state index contributed by atoms with van der Waals surface area (Å²) < 4.78 is 0. The predicted octanol–water partition coefficient (Wildman–Crippen LogP) is 3.56. The quantitative estimate of drug-likeness (QED) is 0.650. The van der Waals surface area contributed by atoms with Crippen LogP contribution in [0.25, 0.3) is 0 Å². The number of nitrogens with one attached hydrogen (secondary N) is 1. The van der Waals surface area contributed by atoms with E-state index in [9.17, 15) is 0 Å². The third-order valence-electron chi connectivity index (χ3n) is 4.63. The molecule has 2 nitrogen and oxygen atoms in total. The molecule has 2 unspecified atom stereocenters. The second kappa shape index (κ2) is 7.49. The molecule has 18 heavy (non-hydrogen) atoms. The van der Waals surface area contributed by atoms with Crippen molar-refractivity contribution in [1.82, 2.24) is 5.32 Å². The molecule has 108 valence electrons. The second-order valence-corrected chi connectivity index (χ2v) is 7.28. The molecule has 0 bridgehead atoms. The zero-order chi connectivity index (χ0) is 13.6. The van der Waals surface area contributed by atoms with Crippen LogP contribution in [0, 0.1) is 17.3 Å². The average molecular weight is 254 g/mol. The summed E-state index contributed by atoms with van der Waals surface area (Å²) in [5.74, 6) is 1.59. The molecule has 2 atom stereocenters. The Morgan fingerprint density at radius 2 is 2.00 bits per heavy atom. The molecule has 0 heterocycles. The van der Waals surface area contributed by atoms with Crippen molar-refractivity contribution < 1.29 is 0 Å². The van der Waals surface area contributed by atoms with E-state index < -0.39 is 0 Å². The molecule has 0 aromatic carbocycles. The van der Waals surface area contributed by atoms with Gasteiger partial charge in [0.1, 0.15) is 0 Å². The lowest BCUT2D eigenvalue weighted by Crippen LogP contribution is -2.29. The van der Waals surface area contributed by atoms with Crippen molar-refractivity contribution in [3.63, 3.8) is 0 Å². The van der Waals surface area contributed by atoms with Crippen molar-refractivity contribution in [3.05, 3.63) is 0 Å². The van der Waals surface area contributed by atoms with Crippen molar-refractivity contribution >= 4 is 0 Å². The van der Waals surface area contributed by atoms with E-state index in [4.69, 9.17) is 5.73 Å². The third-order valence-corrected chi connectivity index (χ3v) is 4.63. The van der Waals surface area contributed by atoms with Crippen LogP contribution in [-0.4, -0.2) is 19.1 Å². The van der Waals surface area contributed by atoms with Crippen molar-refractivity contribution in [2.75, 3.05) is 13.1 Å². The molecule has 0 aliphatic heterocycles. The van der Waals surface area contributed by atoms with Crippen LogP contribution in [0.1, 0.15) is 66.2 Å². The highest BCUT2D eigenvalue weighted by atomic mass is 14.9. The molecule has 1 saturated carbocycles. The molecule has 0 saturated heterocycles. The minimum absolute atomic E-state index is 0.567. The summed E-state index contributed by atoms with van der Waals surface area (Å²) in [6.07, 6.45) is 7.92. The Morgan fingerprint density at radius 1 is 1.28 bits per heavy atom. The molecular weight excluding hydrogens is 220 g/mol. The summed E-state index contributed by atoms with van der Waals surface area (Å²) in [7, 11) is 0. The van der Waals surface area contributed by atoms with Gasteiger partial charge in [0.15, 0.2) is 0 Å². The Labute approximate surface area is 114 Å². The van der Waals surface area contributed by atoms with Crippen molar-refractivity contribution in [2.24, 2.45) is 23.0 Å². The van der Waals surface area contributed by atoms with Crippen LogP contribution in [0.3, 0.4) is 0 Å². The molecule has 0 spiro atoms. The van der Waals surface area contributed by atoms with Crippen molar-refractivity contribution in [1.29, 1.82) is 0 Å². The first kappa shape index (κ1) is 16.0. The van der Waals surface area contributed by atoms with E-state index in [0.29, 0.717) is 5.41 Å². The van der Waals surface area contributed by atoms with Gasteiger partial charge in [-0.2, -0.15) is 0 Å². The maximum atomic E-state index is 5.69. The van der Waals surface area contributed by atoms with Crippen LogP contribution in [0.4, 0.5) is 0 Å². The first-order valence-corrected chi connectivity index (χ1v) is 7.88. The Bertz CT molecular complexity index is 223. The van der Waals surface area contributed by atoms with E-state index in [0.717, 1.165) is 24.4 Å². The molecular formula is C16H34N2. The van der Waals surface area contributed by atoms with Gasteiger partial charge in [-0.25, -0.2) is 0 Å². The summed E-state index contributed by atoms with van der Waals surface area (Å²) in [5, 5.41) is 3.74. The first-order chi connectivity index (χ1) is 8.44. The van der Waals surface area contributed by atoms with Gasteiger partial charge in [0.25, 0.3) is 0 Å². The maximum Gasteiger partial charge on any atom is 0.00723 e. The fourth-order valence-corrected chi connectivity index (χ4v) is 3.31. The molecule has 1 fully saturated rings. The maximum absolute atomic E-state index is 5.69. The summed E-state index contributed by atoms with van der Waals surface area (Å²) in [5.41, 5.74) is 6.25. The normalized spacial score (nSPS) is 24.7. The standard InChI is InChI=1S/C16H34N2/c1-13(2)14(8-10-17)6-5-11-18-15-7-9-16(3,4)12-15/h13-15,18H,5-12,17H2,1-4H3. The van der Waals surface area contributed by atoms with Crippen LogP contribution in [0.5, 0.6) is 0 Å². The Morgan fingerprint density at radius 3 is 2.50 bits per heavy atom. The van der Waals surface area contributed by atoms with Gasteiger partial charge in [-0.1, -0.05) is 27.7 Å². The monoisotopic (exact) mass is 254 g/mol. The van der Waals surface area contributed by atoms with Crippen LogP contribution in [0.2, 0.25) is 0 Å². The lowest BCUT2D eigenvalue weighted by atomic mass is 9.88. The Kier molecular flexibility index (Phi) is 6.65. The fraction of sp³-hybridized carbons (Fsp3) is 1.00. The van der Waals surface area contributed by atoms with E-state index in [-0.39, 0.29) is 0 Å². The van der Waals surface area contributed by atoms with Crippen molar-refractivity contribution in [2.45, 2.75) is 72.3 Å². The van der Waals surface area contributed by atoms with E-state index in [1.807, 2.05) is 0 Å². The van der Waals surface area contributed by atoms with Gasteiger partial charge in [0, 0.05) is 6.04 Å². The molecule has 0 aromatic rings. The third kappa shape index (κ3) is 5.71. The van der Waals surface area contributed by atoms with Crippen LogP contribution >= 0.6 is 0 Å². The van der Waals surface area contributed by atoms with E-state index in [1.165, 1.54) is 45.1 Å². The van der Waals surface area contributed by atoms with Gasteiger partial charge in [0.2, 0.25) is 0 Å². The zero-order valence-electron chi connectivity index (χ0n) is 13.0. The SMILES string of the molecule is CC(C)C(CCN)CCCNC1CCC(C)(C)C1. The lowest BCUT2D eigenvalue weighted by molar-refractivity contribution is 0.324. The fourth-order valence-electron chi connectivity index (χ4n) is 3.31. The molecule has 1 aliphatic rings. The van der Waals surface area contributed by atoms with Gasteiger partial charge in [0.05, 0.1) is 0 Å². The highest BCUT2D eigenvalue weighted by Crippen LogP contribution is 2.36. The first-order valence-electron chi connectivity index (χ1n) is 7.88. The van der Waals surface area contributed by atoms with Crippen molar-refractivity contribution in [3.8, 4) is 0 Å². The zero-order valence-corrected chi connectivity index (χ0v) is 13.0. The highest BCUT2D eigenvalue weighted by molar-refractivity contribution is 4.86. The number of hydrogen-bond acceptors (Lipinski definition) is 2. The smallest absolute Gasteiger partial charge is 0.00723 e. The Balaban J connectivity index is 2.11. The lowest BCUT2D eigenvalue weighted by Gasteiger charge is -2.21. The summed E-state index contributed by atoms with van der Waals surface area (Å²) in [4.78, 5) is 0. The molecule has 0 radical (unpaired) electrons. The topological polar surface area (TPSA) is 38.0 Å². The summed E-state index contributed by atoms with van der Waals surface area (Å²) in [6, 6.07) is 0.770. The number of hydrogen-bond donors (Lipinski definition) is 2. The van der Waals surface area contributed by atoms with Crippen LogP contribution < -0.4 is 11.1 Å². The summed E-state index contributed by atoms with van der Waals surface area (Å²) in [6.45, 7) is 11.5. The molecule has 0 aromatic heterocycles. The minimum atomic E-state index is 0.567. The van der Waals surface area contributed by atoms with Gasteiger partial charge in [-0.15, -0.1) is 0 Å². The molecule has 3 N–H and O–H groups in total. The molecule has 1 rings (SSSR count).